The van der Waals surface area contributed by atoms with Crippen LogP contribution in [0, 0.1) is 0 Å². The Morgan fingerprint density at radius 2 is 1.81 bits per heavy atom. The normalized spacial score (nSPS) is 11.5. The van der Waals surface area contributed by atoms with Crippen molar-refractivity contribution in [2.24, 2.45) is 0 Å². The topological polar surface area (TPSA) is 47.6 Å². The van der Waals surface area contributed by atoms with Gasteiger partial charge in [0, 0.05) is 11.8 Å². The third-order valence-corrected chi connectivity index (χ3v) is 3.02. The number of hydrogen-bond acceptors (Lipinski definition) is 3. The summed E-state index contributed by atoms with van der Waals surface area (Å²) in [4.78, 5) is 12.3. The largest absolute Gasteiger partial charge is 0.497 e. The van der Waals surface area contributed by atoms with Crippen LogP contribution in [0.1, 0.15) is 13.3 Å². The molecule has 0 aliphatic carbocycles. The summed E-state index contributed by atoms with van der Waals surface area (Å²) in [5, 5.41) is 2.84. The molecule has 0 heterocycles. The van der Waals surface area contributed by atoms with Gasteiger partial charge in [-0.15, -0.1) is 0 Å². The summed E-state index contributed by atoms with van der Waals surface area (Å²) in [6.07, 6.45) is 0.0589. The molecule has 2 aromatic carbocycles. The van der Waals surface area contributed by atoms with E-state index in [1.54, 1.807) is 13.2 Å². The predicted octanol–water partition coefficient (Wildman–Crippen LogP) is 3.49. The van der Waals surface area contributed by atoms with Gasteiger partial charge in [0.1, 0.15) is 11.5 Å². The van der Waals surface area contributed by atoms with Gasteiger partial charge in [0.15, 0.2) is 6.10 Å². The van der Waals surface area contributed by atoms with Crippen molar-refractivity contribution >= 4 is 11.6 Å². The van der Waals surface area contributed by atoms with E-state index in [0.717, 1.165) is 0 Å². The van der Waals surface area contributed by atoms with E-state index < -0.39 is 6.10 Å². The second-order valence-corrected chi connectivity index (χ2v) is 4.55. The van der Waals surface area contributed by atoms with Crippen LogP contribution in [0.2, 0.25) is 0 Å². The van der Waals surface area contributed by atoms with Gasteiger partial charge in [-0.05, 0) is 30.7 Å². The molecule has 0 aliphatic rings. The third kappa shape index (κ3) is 4.24. The highest BCUT2D eigenvalue weighted by Crippen LogP contribution is 2.18. The Morgan fingerprint density at radius 1 is 1.10 bits per heavy atom. The number of hydrogen-bond donors (Lipinski definition) is 1. The Kier molecular flexibility index (Phi) is 5.21. The van der Waals surface area contributed by atoms with Crippen LogP contribution in [0.15, 0.2) is 54.6 Å². The highest BCUT2D eigenvalue weighted by Gasteiger charge is 2.18. The zero-order valence-corrected chi connectivity index (χ0v) is 12.2. The van der Waals surface area contributed by atoms with E-state index in [9.17, 15) is 4.79 Å². The molecular weight excluding hydrogens is 266 g/mol. The van der Waals surface area contributed by atoms with Crippen molar-refractivity contribution in [3.63, 3.8) is 0 Å². The molecule has 0 saturated heterocycles. The molecule has 4 nitrogen and oxygen atoms in total. The summed E-state index contributed by atoms with van der Waals surface area (Å²) in [5.41, 5.74) is 0.689. The van der Waals surface area contributed by atoms with Gasteiger partial charge in [-0.1, -0.05) is 31.2 Å². The second kappa shape index (κ2) is 7.33. The van der Waals surface area contributed by atoms with Crippen LogP contribution in [0.25, 0.3) is 0 Å². The molecule has 0 saturated carbocycles. The van der Waals surface area contributed by atoms with Gasteiger partial charge in [-0.3, -0.25) is 4.79 Å². The molecule has 2 aromatic rings. The molecule has 4 heteroatoms. The minimum absolute atomic E-state index is 0.172. The van der Waals surface area contributed by atoms with Crippen molar-refractivity contribution in [1.29, 1.82) is 0 Å². The van der Waals surface area contributed by atoms with Crippen LogP contribution in [0.4, 0.5) is 5.69 Å². The first kappa shape index (κ1) is 14.9. The number of amides is 1. The maximum atomic E-state index is 12.3. The number of ether oxygens (including phenoxy) is 2. The summed E-state index contributed by atoms with van der Waals surface area (Å²) in [6.45, 7) is 1.92. The molecule has 0 fully saturated rings. The number of rotatable bonds is 6. The van der Waals surface area contributed by atoms with E-state index >= 15 is 0 Å². The lowest BCUT2D eigenvalue weighted by Crippen LogP contribution is -2.32. The van der Waals surface area contributed by atoms with Gasteiger partial charge in [-0.2, -0.15) is 0 Å². The van der Waals surface area contributed by atoms with Crippen molar-refractivity contribution in [1.82, 2.24) is 0 Å². The monoisotopic (exact) mass is 285 g/mol. The van der Waals surface area contributed by atoms with Crippen LogP contribution in [-0.4, -0.2) is 19.1 Å². The first-order valence-corrected chi connectivity index (χ1v) is 6.89. The number of carbonyl (C=O) groups is 1. The molecule has 0 spiro atoms. The Balaban J connectivity index is 2.02. The fourth-order valence-electron chi connectivity index (χ4n) is 1.91. The summed E-state index contributed by atoms with van der Waals surface area (Å²) in [7, 11) is 1.59. The molecule has 0 radical (unpaired) electrons. The zero-order chi connectivity index (χ0) is 15.1. The standard InChI is InChI=1S/C17H19NO3/c1-3-16(21-14-9-5-4-6-10-14)17(19)18-13-8-7-11-15(12-13)20-2/h4-12,16H,3H2,1-2H3,(H,18,19). The van der Waals surface area contributed by atoms with Crippen molar-refractivity contribution in [3.8, 4) is 11.5 Å². The third-order valence-electron chi connectivity index (χ3n) is 3.02. The summed E-state index contributed by atoms with van der Waals surface area (Å²) in [5.74, 6) is 1.21. The number of para-hydroxylation sites is 1. The van der Waals surface area contributed by atoms with Gasteiger partial charge in [-0.25, -0.2) is 0 Å². The first-order valence-electron chi connectivity index (χ1n) is 6.89. The average molecular weight is 285 g/mol. The van der Waals surface area contributed by atoms with Crippen LogP contribution in [0.3, 0.4) is 0 Å². The molecule has 110 valence electrons. The van der Waals surface area contributed by atoms with Gasteiger partial charge < -0.3 is 14.8 Å². The molecule has 0 aliphatic heterocycles. The minimum Gasteiger partial charge on any atom is -0.497 e. The molecule has 1 unspecified atom stereocenters. The number of benzene rings is 2. The van der Waals surface area contributed by atoms with E-state index in [0.29, 0.717) is 23.6 Å². The lowest BCUT2D eigenvalue weighted by Gasteiger charge is -2.17. The van der Waals surface area contributed by atoms with Crippen LogP contribution in [0.5, 0.6) is 11.5 Å². The highest BCUT2D eigenvalue weighted by atomic mass is 16.5. The first-order chi connectivity index (χ1) is 10.2. The molecule has 0 bridgehead atoms. The van der Waals surface area contributed by atoms with Gasteiger partial charge in [0.25, 0.3) is 5.91 Å². The fraction of sp³-hybridized carbons (Fsp3) is 0.235. The molecule has 0 aromatic heterocycles. The van der Waals surface area contributed by atoms with Crippen LogP contribution >= 0.6 is 0 Å². The Morgan fingerprint density at radius 3 is 2.48 bits per heavy atom. The number of anilines is 1. The van der Waals surface area contributed by atoms with E-state index in [1.165, 1.54) is 0 Å². The number of nitrogens with one attached hydrogen (secondary N) is 1. The van der Waals surface area contributed by atoms with E-state index in [4.69, 9.17) is 9.47 Å². The molecule has 1 atom stereocenters. The molecule has 1 amide bonds. The van der Waals surface area contributed by atoms with Gasteiger partial charge in [0.2, 0.25) is 0 Å². The molecular formula is C17H19NO3. The van der Waals surface area contributed by atoms with Gasteiger partial charge >= 0.3 is 0 Å². The predicted molar refractivity (Wildman–Crippen MR) is 82.8 cm³/mol. The van der Waals surface area contributed by atoms with E-state index in [-0.39, 0.29) is 5.91 Å². The maximum Gasteiger partial charge on any atom is 0.265 e. The number of carbonyl (C=O) groups excluding carboxylic acids is 1. The Bertz CT molecular complexity index is 584. The lowest BCUT2D eigenvalue weighted by atomic mass is 10.2. The lowest BCUT2D eigenvalue weighted by molar-refractivity contribution is -0.122. The average Bonchev–Trinajstić information content (AvgIpc) is 2.53. The van der Waals surface area contributed by atoms with E-state index in [2.05, 4.69) is 5.32 Å². The Labute approximate surface area is 124 Å². The summed E-state index contributed by atoms with van der Waals surface area (Å²) < 4.78 is 10.8. The van der Waals surface area contributed by atoms with E-state index in [1.807, 2.05) is 55.5 Å². The number of methoxy groups -OCH3 is 1. The highest BCUT2D eigenvalue weighted by molar-refractivity contribution is 5.94. The summed E-state index contributed by atoms with van der Waals surface area (Å²) in [6, 6.07) is 16.6. The van der Waals surface area contributed by atoms with Crippen molar-refractivity contribution in [3.05, 3.63) is 54.6 Å². The summed E-state index contributed by atoms with van der Waals surface area (Å²) >= 11 is 0. The van der Waals surface area contributed by atoms with Crippen LogP contribution < -0.4 is 14.8 Å². The fourth-order valence-corrected chi connectivity index (χ4v) is 1.91. The van der Waals surface area contributed by atoms with Crippen LogP contribution in [-0.2, 0) is 4.79 Å². The second-order valence-electron chi connectivity index (χ2n) is 4.55. The molecule has 21 heavy (non-hydrogen) atoms. The quantitative estimate of drug-likeness (QED) is 0.883. The smallest absolute Gasteiger partial charge is 0.265 e. The molecule has 2 rings (SSSR count). The maximum absolute atomic E-state index is 12.3. The SMILES string of the molecule is CCC(Oc1ccccc1)C(=O)Nc1cccc(OC)c1. The molecule has 1 N–H and O–H groups in total. The van der Waals surface area contributed by atoms with Crippen molar-refractivity contribution in [2.45, 2.75) is 19.4 Å². The Hall–Kier alpha value is -2.49. The van der Waals surface area contributed by atoms with Crippen molar-refractivity contribution < 1.29 is 14.3 Å². The zero-order valence-electron chi connectivity index (χ0n) is 12.2. The van der Waals surface area contributed by atoms with Crippen molar-refractivity contribution in [2.75, 3.05) is 12.4 Å². The minimum atomic E-state index is -0.529. The van der Waals surface area contributed by atoms with Gasteiger partial charge in [0.05, 0.1) is 7.11 Å².